The van der Waals surface area contributed by atoms with Gasteiger partial charge in [-0.05, 0) is 0 Å². The van der Waals surface area contributed by atoms with Crippen molar-refractivity contribution >= 4 is 245 Å². The molecule has 0 saturated heterocycles. The van der Waals surface area contributed by atoms with Crippen LogP contribution in [0.5, 0.6) is 0 Å². The van der Waals surface area contributed by atoms with Crippen LogP contribution in [0.3, 0.4) is 0 Å². The second-order valence-corrected chi connectivity index (χ2v) is 3.11. The molecule has 0 aliphatic carbocycles. The molecular weight excluding hydrogens is 798 g/mol. The predicted octanol–water partition coefficient (Wildman–Crippen LogP) is -1.44. The maximum atomic E-state index is 8.56. The summed E-state index contributed by atoms with van der Waals surface area (Å²) in [6.45, 7) is 0. The van der Waals surface area contributed by atoms with Gasteiger partial charge >= 0.3 is 245 Å². The number of rotatable bonds is 0. The average molecular weight is 826 g/mol. The molecule has 22 N–H and O–H groups in total. The zero-order chi connectivity index (χ0) is 39.4. The Kier molecular flexibility index (Phi) is 228. The minimum atomic E-state index is -1.83. The van der Waals surface area contributed by atoms with Crippen molar-refractivity contribution in [2.45, 2.75) is 0 Å². The molecular formula is C11H28Na6O33. The fourth-order valence-corrected chi connectivity index (χ4v) is 0. The molecule has 0 aromatic carbocycles. The first-order valence-corrected chi connectivity index (χ1v) is 7.16. The van der Waals surface area contributed by atoms with Crippen molar-refractivity contribution in [3.8, 4) is 0 Å². The van der Waals surface area contributed by atoms with Crippen LogP contribution >= 0.6 is 0 Å². The molecule has 33 nitrogen and oxygen atoms in total. The van der Waals surface area contributed by atoms with Gasteiger partial charge in [-0.1, -0.05) is 0 Å². The van der Waals surface area contributed by atoms with Crippen molar-refractivity contribution in [3.05, 3.63) is 0 Å². The zero-order valence-electron chi connectivity index (χ0n) is 19.8. The van der Waals surface area contributed by atoms with Crippen LogP contribution < -0.4 is 0 Å². The van der Waals surface area contributed by atoms with Crippen molar-refractivity contribution in [2.24, 2.45) is 0 Å². The van der Waals surface area contributed by atoms with Crippen molar-refractivity contribution in [1.82, 2.24) is 0 Å². The Balaban J connectivity index is -0.0000000158. The van der Waals surface area contributed by atoms with E-state index in [2.05, 4.69) is 0 Å². The third-order valence-electron chi connectivity index (χ3n) is 0. The van der Waals surface area contributed by atoms with Gasteiger partial charge in [0.05, 0.1) is 0 Å². The molecule has 39 heteroatoms. The predicted molar refractivity (Wildman–Crippen MR) is 160 cm³/mol. The molecule has 0 bridgehead atoms. The number of hydrogen-bond donors (Lipinski definition) is 22. The van der Waals surface area contributed by atoms with Crippen LogP contribution in [0.25, 0.3) is 0 Å². The van der Waals surface area contributed by atoms with Gasteiger partial charge in [-0.15, -0.1) is 0 Å². The molecule has 0 aliphatic rings. The van der Waals surface area contributed by atoms with Crippen molar-refractivity contribution < 1.29 is 165 Å². The molecule has 0 heterocycles. The normalized spacial score (nSPS) is 5.28. The monoisotopic (exact) mass is 826 g/mol. The van der Waals surface area contributed by atoms with E-state index in [9.17, 15) is 0 Å². The Morgan fingerprint density at radius 3 is 0.140 bits per heavy atom. The third kappa shape index (κ3) is 22600. The zero-order valence-corrected chi connectivity index (χ0v) is 19.8. The molecule has 0 fully saturated rings. The number of carbonyl (C=O) groups is 11. The Morgan fingerprint density at radius 2 is 0.140 bits per heavy atom. The minimum absolute atomic E-state index is 0. The Bertz CT molecular complexity index is 544. The standard InChI is InChI=1S/11CH2O3.6Na.6H/c11*2-1(3)4;;;;;;;;;;;;/h11*(H2,2,3,4);;;;;;;;;;;;. The van der Waals surface area contributed by atoms with E-state index in [4.69, 9.17) is 165 Å². The van der Waals surface area contributed by atoms with Crippen LogP contribution in [0.15, 0.2) is 0 Å². The molecule has 0 saturated carbocycles. The van der Waals surface area contributed by atoms with Gasteiger partial charge in [0, 0.05) is 0 Å². The fraction of sp³-hybridized carbons (Fsp3) is 0. The summed E-state index contributed by atoms with van der Waals surface area (Å²) in [5, 5.41) is 153. The average Bonchev–Trinajstić information content (AvgIpc) is 2.55. The van der Waals surface area contributed by atoms with E-state index >= 15 is 0 Å². The van der Waals surface area contributed by atoms with E-state index in [1.165, 1.54) is 0 Å². The first-order valence-electron chi connectivity index (χ1n) is 7.16. The number of hydrogen-bond acceptors (Lipinski definition) is 11. The quantitative estimate of drug-likeness (QED) is 0.124. The van der Waals surface area contributed by atoms with Crippen LogP contribution in [0.1, 0.15) is 0 Å². The van der Waals surface area contributed by atoms with Crippen LogP contribution in [0, 0.1) is 0 Å². The summed E-state index contributed by atoms with van der Waals surface area (Å²) < 4.78 is 0. The summed E-state index contributed by atoms with van der Waals surface area (Å²) in [6.07, 6.45) is -20.2. The van der Waals surface area contributed by atoms with Gasteiger partial charge < -0.3 is 112 Å². The van der Waals surface area contributed by atoms with E-state index in [1.807, 2.05) is 0 Å². The van der Waals surface area contributed by atoms with Gasteiger partial charge in [0.2, 0.25) is 0 Å². The van der Waals surface area contributed by atoms with Gasteiger partial charge in [0.25, 0.3) is 0 Å². The molecule has 0 rings (SSSR count). The molecule has 0 aromatic rings. The van der Waals surface area contributed by atoms with Crippen molar-refractivity contribution in [1.29, 1.82) is 0 Å². The fourth-order valence-electron chi connectivity index (χ4n) is 0. The summed E-state index contributed by atoms with van der Waals surface area (Å²) >= 11 is 0. The Morgan fingerprint density at radius 1 is 0.140 bits per heavy atom. The van der Waals surface area contributed by atoms with E-state index in [0.717, 1.165) is 0 Å². The van der Waals surface area contributed by atoms with E-state index in [0.29, 0.717) is 0 Å². The first kappa shape index (κ1) is 110. The van der Waals surface area contributed by atoms with E-state index in [-0.39, 0.29) is 177 Å². The first-order chi connectivity index (χ1) is 19.1. The Labute approximate surface area is 404 Å². The molecule has 0 radical (unpaired) electrons. The van der Waals surface area contributed by atoms with Gasteiger partial charge in [-0.3, -0.25) is 0 Å². The summed E-state index contributed by atoms with van der Waals surface area (Å²) in [4.78, 5) is 94.1. The van der Waals surface area contributed by atoms with Crippen LogP contribution in [0.4, 0.5) is 52.7 Å². The molecule has 0 aliphatic heterocycles. The second kappa shape index (κ2) is 103. The summed E-state index contributed by atoms with van der Waals surface area (Å²) in [5.41, 5.74) is 0. The Hall–Kier alpha value is -2.03. The number of carboxylic acid groups (broad SMARTS) is 22. The van der Waals surface area contributed by atoms with Crippen LogP contribution in [-0.4, -0.2) is 357 Å². The van der Waals surface area contributed by atoms with Gasteiger partial charge in [0.1, 0.15) is 0 Å². The second-order valence-electron chi connectivity index (χ2n) is 3.11. The van der Waals surface area contributed by atoms with E-state index in [1.54, 1.807) is 0 Å². The summed E-state index contributed by atoms with van der Waals surface area (Å²) in [6, 6.07) is 0. The van der Waals surface area contributed by atoms with Crippen molar-refractivity contribution in [2.75, 3.05) is 0 Å². The molecule has 0 unspecified atom stereocenters. The maximum absolute atomic E-state index is 8.56. The van der Waals surface area contributed by atoms with Gasteiger partial charge in [0.15, 0.2) is 0 Å². The molecule has 0 aromatic heterocycles. The molecule has 0 atom stereocenters. The van der Waals surface area contributed by atoms with Crippen molar-refractivity contribution in [3.63, 3.8) is 0 Å². The van der Waals surface area contributed by atoms with Gasteiger partial charge in [-0.25, -0.2) is 52.7 Å². The van der Waals surface area contributed by atoms with E-state index < -0.39 is 67.7 Å². The van der Waals surface area contributed by atoms with Crippen LogP contribution in [0.2, 0.25) is 0 Å². The SMILES string of the molecule is O=C(O)O.O=C(O)O.O=C(O)O.O=C(O)O.O=C(O)O.O=C(O)O.O=C(O)O.O=C(O)O.O=C(O)O.O=C(O)O.O=C(O)O.[NaH].[NaH].[NaH].[NaH].[NaH].[NaH]. The van der Waals surface area contributed by atoms with Gasteiger partial charge in [-0.2, -0.15) is 0 Å². The summed E-state index contributed by atoms with van der Waals surface area (Å²) in [5.74, 6) is 0. The summed E-state index contributed by atoms with van der Waals surface area (Å²) in [7, 11) is 0. The topological polar surface area (TPSA) is 633 Å². The molecule has 276 valence electrons. The third-order valence-corrected chi connectivity index (χ3v) is 0. The van der Waals surface area contributed by atoms with Crippen LogP contribution in [-0.2, 0) is 0 Å². The molecule has 0 spiro atoms. The molecule has 0 amide bonds. The molecule has 50 heavy (non-hydrogen) atoms.